The predicted molar refractivity (Wildman–Crippen MR) is 90.1 cm³/mol. The standard InChI is InChI=1S/C18H19FN2O4/c1-4-21(15-7-5-14(19)6-8-15)17(23)11-25-18(24)16-9-13(12(2)22)10-20(16)3/h5-10H,4,11H2,1-3H3. The number of hydrogen-bond donors (Lipinski definition) is 0. The molecule has 2 rings (SSSR count). The first kappa shape index (κ1) is 18.4. The summed E-state index contributed by atoms with van der Waals surface area (Å²) in [5.74, 6) is -1.69. The summed E-state index contributed by atoms with van der Waals surface area (Å²) < 4.78 is 19.5. The Hall–Kier alpha value is -2.96. The number of aromatic nitrogens is 1. The molecule has 6 nitrogen and oxygen atoms in total. The van der Waals surface area contributed by atoms with E-state index in [0.29, 0.717) is 17.8 Å². The van der Waals surface area contributed by atoms with Gasteiger partial charge in [0.15, 0.2) is 12.4 Å². The zero-order chi connectivity index (χ0) is 18.6. The van der Waals surface area contributed by atoms with Crippen molar-refractivity contribution in [3.8, 4) is 0 Å². The predicted octanol–water partition coefficient (Wildman–Crippen LogP) is 2.58. The third kappa shape index (κ3) is 4.32. The molecule has 0 fully saturated rings. The lowest BCUT2D eigenvalue weighted by Gasteiger charge is -2.20. The number of benzene rings is 1. The van der Waals surface area contributed by atoms with Crippen LogP contribution in [0.3, 0.4) is 0 Å². The van der Waals surface area contributed by atoms with E-state index >= 15 is 0 Å². The second-order valence-corrected chi connectivity index (χ2v) is 5.47. The number of carbonyl (C=O) groups is 3. The van der Waals surface area contributed by atoms with Gasteiger partial charge in [-0.2, -0.15) is 0 Å². The zero-order valence-corrected chi connectivity index (χ0v) is 14.3. The van der Waals surface area contributed by atoms with Gasteiger partial charge in [0.1, 0.15) is 11.5 Å². The first-order valence-corrected chi connectivity index (χ1v) is 7.73. The van der Waals surface area contributed by atoms with Gasteiger partial charge in [0.05, 0.1) is 0 Å². The summed E-state index contributed by atoms with van der Waals surface area (Å²) in [5.41, 5.74) is 1.09. The van der Waals surface area contributed by atoms with E-state index in [2.05, 4.69) is 0 Å². The van der Waals surface area contributed by atoms with Gasteiger partial charge >= 0.3 is 5.97 Å². The Morgan fingerprint density at radius 3 is 2.36 bits per heavy atom. The van der Waals surface area contributed by atoms with Crippen molar-refractivity contribution in [1.82, 2.24) is 4.57 Å². The van der Waals surface area contributed by atoms with Gasteiger partial charge in [0, 0.05) is 31.0 Å². The molecule has 1 aromatic carbocycles. The van der Waals surface area contributed by atoms with E-state index in [1.165, 1.54) is 52.9 Å². The number of Topliss-reactive ketones (excluding diaryl/α,β-unsaturated/α-hetero) is 1. The Bertz CT molecular complexity index is 796. The Labute approximate surface area is 144 Å². The lowest BCUT2D eigenvalue weighted by molar-refractivity contribution is -0.121. The average Bonchev–Trinajstić information content (AvgIpc) is 2.97. The third-order valence-corrected chi connectivity index (χ3v) is 3.70. The van der Waals surface area contributed by atoms with Crippen LogP contribution in [0.15, 0.2) is 36.5 Å². The van der Waals surface area contributed by atoms with Crippen LogP contribution >= 0.6 is 0 Å². The maximum Gasteiger partial charge on any atom is 0.355 e. The van der Waals surface area contributed by atoms with Gasteiger partial charge in [-0.25, -0.2) is 9.18 Å². The fourth-order valence-corrected chi connectivity index (χ4v) is 2.36. The molecule has 0 N–H and O–H groups in total. The van der Waals surface area contributed by atoms with Crippen LogP contribution in [0.5, 0.6) is 0 Å². The van der Waals surface area contributed by atoms with Crippen LogP contribution in [0.1, 0.15) is 34.7 Å². The molecule has 7 heteroatoms. The molecule has 0 aliphatic carbocycles. The van der Waals surface area contributed by atoms with Crippen molar-refractivity contribution in [2.75, 3.05) is 18.1 Å². The van der Waals surface area contributed by atoms with Crippen molar-refractivity contribution in [1.29, 1.82) is 0 Å². The summed E-state index contributed by atoms with van der Waals surface area (Å²) in [6.45, 7) is 3.06. The first-order valence-electron chi connectivity index (χ1n) is 7.73. The number of hydrogen-bond acceptors (Lipinski definition) is 4. The minimum atomic E-state index is -0.696. The molecule has 1 amide bonds. The molecule has 0 spiro atoms. The smallest absolute Gasteiger partial charge is 0.355 e. The molecule has 1 aromatic heterocycles. The van der Waals surface area contributed by atoms with E-state index in [1.54, 1.807) is 14.0 Å². The number of amides is 1. The molecule has 0 aliphatic rings. The van der Waals surface area contributed by atoms with Gasteiger partial charge in [-0.3, -0.25) is 9.59 Å². The third-order valence-electron chi connectivity index (χ3n) is 3.70. The number of nitrogens with zero attached hydrogens (tertiary/aromatic N) is 2. The van der Waals surface area contributed by atoms with Crippen molar-refractivity contribution in [2.24, 2.45) is 7.05 Å². The molecular weight excluding hydrogens is 327 g/mol. The molecule has 0 saturated heterocycles. The highest BCUT2D eigenvalue weighted by Crippen LogP contribution is 2.15. The molecule has 1 heterocycles. The van der Waals surface area contributed by atoms with Crippen LogP contribution in [-0.2, 0) is 16.6 Å². The molecule has 0 aliphatic heterocycles. The molecule has 0 radical (unpaired) electrons. The number of rotatable bonds is 6. The number of halogens is 1. The number of ether oxygens (including phenoxy) is 1. The highest BCUT2D eigenvalue weighted by Gasteiger charge is 2.19. The number of ketones is 1. The molecule has 0 bridgehead atoms. The first-order chi connectivity index (χ1) is 11.8. The number of carbonyl (C=O) groups excluding carboxylic acids is 3. The Morgan fingerprint density at radius 2 is 1.84 bits per heavy atom. The second-order valence-electron chi connectivity index (χ2n) is 5.47. The van der Waals surface area contributed by atoms with E-state index in [1.807, 2.05) is 0 Å². The average molecular weight is 346 g/mol. The molecule has 0 saturated carbocycles. The number of likely N-dealkylation sites (N-methyl/N-ethyl adjacent to an activating group) is 1. The Balaban J connectivity index is 2.04. The summed E-state index contributed by atoms with van der Waals surface area (Å²) in [4.78, 5) is 37.2. The number of aryl methyl sites for hydroxylation is 1. The number of esters is 1. The highest BCUT2D eigenvalue weighted by atomic mass is 19.1. The molecule has 0 unspecified atom stereocenters. The Morgan fingerprint density at radius 1 is 1.20 bits per heavy atom. The Kier molecular flexibility index (Phi) is 5.69. The largest absolute Gasteiger partial charge is 0.451 e. The second kappa shape index (κ2) is 7.74. The number of anilines is 1. The van der Waals surface area contributed by atoms with Crippen LogP contribution in [0.2, 0.25) is 0 Å². The van der Waals surface area contributed by atoms with E-state index in [0.717, 1.165) is 0 Å². The maximum absolute atomic E-state index is 13.0. The van der Waals surface area contributed by atoms with Crippen molar-refractivity contribution >= 4 is 23.3 Å². The van der Waals surface area contributed by atoms with Crippen molar-refractivity contribution in [3.05, 3.63) is 53.6 Å². The SMILES string of the molecule is CCN(C(=O)COC(=O)c1cc(C(C)=O)cn1C)c1ccc(F)cc1. The minimum absolute atomic E-state index is 0.167. The summed E-state index contributed by atoms with van der Waals surface area (Å²) in [5, 5.41) is 0. The normalized spacial score (nSPS) is 10.4. The van der Waals surface area contributed by atoms with Gasteiger partial charge < -0.3 is 14.2 Å². The maximum atomic E-state index is 13.0. The molecule has 25 heavy (non-hydrogen) atoms. The quantitative estimate of drug-likeness (QED) is 0.595. The van der Waals surface area contributed by atoms with Crippen molar-refractivity contribution in [3.63, 3.8) is 0 Å². The summed E-state index contributed by atoms with van der Waals surface area (Å²) in [6, 6.07) is 6.89. The van der Waals surface area contributed by atoms with E-state index in [9.17, 15) is 18.8 Å². The van der Waals surface area contributed by atoms with Gasteiger partial charge in [-0.1, -0.05) is 0 Å². The topological polar surface area (TPSA) is 68.6 Å². The van der Waals surface area contributed by atoms with E-state index in [4.69, 9.17) is 4.74 Å². The van der Waals surface area contributed by atoms with Crippen LogP contribution in [0.4, 0.5) is 10.1 Å². The molecular formula is C18H19FN2O4. The molecule has 0 atom stereocenters. The minimum Gasteiger partial charge on any atom is -0.451 e. The van der Waals surface area contributed by atoms with E-state index < -0.39 is 24.3 Å². The van der Waals surface area contributed by atoms with E-state index in [-0.39, 0.29) is 11.5 Å². The van der Waals surface area contributed by atoms with Crippen LogP contribution < -0.4 is 4.90 Å². The molecule has 2 aromatic rings. The fourth-order valence-electron chi connectivity index (χ4n) is 2.36. The lowest BCUT2D eigenvalue weighted by Crippen LogP contribution is -2.34. The van der Waals surface area contributed by atoms with Gasteiger partial charge in [-0.05, 0) is 44.2 Å². The monoisotopic (exact) mass is 346 g/mol. The molecule has 132 valence electrons. The summed E-state index contributed by atoms with van der Waals surface area (Å²) in [6.07, 6.45) is 1.53. The van der Waals surface area contributed by atoms with Crippen molar-refractivity contribution < 1.29 is 23.5 Å². The zero-order valence-electron chi connectivity index (χ0n) is 14.3. The lowest BCUT2D eigenvalue weighted by atomic mass is 10.2. The van der Waals surface area contributed by atoms with Crippen LogP contribution in [0, 0.1) is 5.82 Å². The van der Waals surface area contributed by atoms with Crippen LogP contribution in [0.25, 0.3) is 0 Å². The van der Waals surface area contributed by atoms with Gasteiger partial charge in [0.25, 0.3) is 5.91 Å². The van der Waals surface area contributed by atoms with Gasteiger partial charge in [0.2, 0.25) is 0 Å². The van der Waals surface area contributed by atoms with Gasteiger partial charge in [-0.15, -0.1) is 0 Å². The summed E-state index contributed by atoms with van der Waals surface area (Å²) in [7, 11) is 1.61. The van der Waals surface area contributed by atoms with Crippen molar-refractivity contribution in [2.45, 2.75) is 13.8 Å². The van der Waals surface area contributed by atoms with Crippen LogP contribution in [-0.4, -0.2) is 35.4 Å². The summed E-state index contributed by atoms with van der Waals surface area (Å²) >= 11 is 0. The fraction of sp³-hybridized carbons (Fsp3) is 0.278. The highest BCUT2D eigenvalue weighted by molar-refractivity contribution is 5.99.